The van der Waals surface area contributed by atoms with Gasteiger partial charge < -0.3 is 20.0 Å². The maximum atomic E-state index is 13.3. The van der Waals surface area contributed by atoms with Crippen LogP contribution in [0.5, 0.6) is 0 Å². The first-order valence-electron chi connectivity index (χ1n) is 14.0. The number of anilines is 1. The van der Waals surface area contributed by atoms with Crippen molar-refractivity contribution in [2.75, 3.05) is 31.1 Å². The Morgan fingerprint density at radius 3 is 2.05 bits per heavy atom. The minimum absolute atomic E-state index is 0.0467. The number of nitrogens with zero attached hydrogens (tertiary/aromatic N) is 3. The third-order valence-corrected chi connectivity index (χ3v) is 8.41. The monoisotopic (exact) mass is 508 g/mol. The van der Waals surface area contributed by atoms with Crippen molar-refractivity contribution in [3.8, 4) is 0 Å². The van der Waals surface area contributed by atoms with Gasteiger partial charge in [-0.2, -0.15) is 0 Å². The van der Waals surface area contributed by atoms with E-state index >= 15 is 0 Å². The molecule has 6 rings (SSSR count). The van der Waals surface area contributed by atoms with Crippen LogP contribution in [-0.4, -0.2) is 54.0 Å². The highest BCUT2D eigenvalue weighted by Gasteiger charge is 2.34. The van der Waals surface area contributed by atoms with Crippen LogP contribution in [0.25, 0.3) is 0 Å². The van der Waals surface area contributed by atoms with Crippen LogP contribution in [0.15, 0.2) is 78.9 Å². The third-order valence-electron chi connectivity index (χ3n) is 8.41. The molecule has 0 aromatic heterocycles. The van der Waals surface area contributed by atoms with Gasteiger partial charge in [0.15, 0.2) is 0 Å². The van der Waals surface area contributed by atoms with Crippen LogP contribution in [0.4, 0.5) is 10.5 Å². The molecular formula is C32H36N4O2. The maximum absolute atomic E-state index is 13.3. The molecule has 2 fully saturated rings. The molecule has 0 unspecified atom stereocenters. The summed E-state index contributed by atoms with van der Waals surface area (Å²) in [4.78, 5) is 32.9. The van der Waals surface area contributed by atoms with Gasteiger partial charge in [0, 0.05) is 50.0 Å². The molecule has 6 nitrogen and oxygen atoms in total. The van der Waals surface area contributed by atoms with Crippen molar-refractivity contribution in [1.82, 2.24) is 15.1 Å². The number of urea groups is 1. The summed E-state index contributed by atoms with van der Waals surface area (Å²) in [6.07, 6.45) is 6.01. The zero-order valence-corrected chi connectivity index (χ0v) is 21.9. The fourth-order valence-corrected chi connectivity index (χ4v) is 6.23. The Morgan fingerprint density at radius 1 is 0.789 bits per heavy atom. The van der Waals surface area contributed by atoms with Crippen LogP contribution in [0.3, 0.4) is 0 Å². The lowest BCUT2D eigenvalue weighted by molar-refractivity contribution is 0.0660. The SMILES string of the molecule is O=C(NC(c1ccccc1)c1ccccc1)N1CCN(c2ccc3c(c2)C(=O)N(C2CCCCC2)C3)CC1. The van der Waals surface area contributed by atoms with Crippen LogP contribution in [0.1, 0.15) is 65.2 Å². The van der Waals surface area contributed by atoms with Gasteiger partial charge in [0.1, 0.15) is 0 Å². The van der Waals surface area contributed by atoms with Gasteiger partial charge >= 0.3 is 6.03 Å². The van der Waals surface area contributed by atoms with Gasteiger partial charge in [-0.05, 0) is 41.7 Å². The number of carbonyl (C=O) groups is 2. The van der Waals surface area contributed by atoms with E-state index < -0.39 is 0 Å². The van der Waals surface area contributed by atoms with Gasteiger partial charge in [0.25, 0.3) is 5.91 Å². The Balaban J connectivity index is 1.10. The predicted molar refractivity (Wildman–Crippen MR) is 150 cm³/mol. The standard InChI is InChI=1S/C32H36N4O2/c37-31-29-22-28(17-16-26(29)23-36(31)27-14-8-3-9-15-27)34-18-20-35(21-19-34)32(38)33-30(24-10-4-1-5-11-24)25-12-6-2-7-13-25/h1-2,4-7,10-13,16-17,22,27,30H,3,8-9,14-15,18-21,23H2,(H,33,38). The van der Waals surface area contributed by atoms with E-state index in [1.165, 1.54) is 19.3 Å². The van der Waals surface area contributed by atoms with Gasteiger partial charge in [0.2, 0.25) is 0 Å². The van der Waals surface area contributed by atoms with Crippen molar-refractivity contribution in [3.63, 3.8) is 0 Å². The molecular weight excluding hydrogens is 472 g/mol. The smallest absolute Gasteiger partial charge is 0.318 e. The fraction of sp³-hybridized carbons (Fsp3) is 0.375. The molecule has 2 heterocycles. The second kappa shape index (κ2) is 10.9. The molecule has 3 aliphatic rings. The van der Waals surface area contributed by atoms with E-state index in [0.717, 1.165) is 60.4 Å². The molecule has 3 aromatic carbocycles. The van der Waals surface area contributed by atoms with Crippen LogP contribution < -0.4 is 10.2 Å². The van der Waals surface area contributed by atoms with Crippen LogP contribution >= 0.6 is 0 Å². The quantitative estimate of drug-likeness (QED) is 0.488. The Morgan fingerprint density at radius 2 is 1.42 bits per heavy atom. The predicted octanol–water partition coefficient (Wildman–Crippen LogP) is 5.60. The number of carbonyl (C=O) groups excluding carboxylic acids is 2. The highest BCUT2D eigenvalue weighted by molar-refractivity contribution is 5.99. The molecule has 1 N–H and O–H groups in total. The van der Waals surface area contributed by atoms with E-state index in [9.17, 15) is 9.59 Å². The average Bonchev–Trinajstić information content (AvgIpc) is 3.32. The van der Waals surface area contributed by atoms with Gasteiger partial charge in [-0.15, -0.1) is 0 Å². The van der Waals surface area contributed by atoms with E-state index in [4.69, 9.17) is 0 Å². The first-order valence-corrected chi connectivity index (χ1v) is 14.0. The molecule has 1 saturated carbocycles. The number of hydrogen-bond acceptors (Lipinski definition) is 3. The Bertz CT molecular complexity index is 1230. The molecule has 2 aliphatic heterocycles. The van der Waals surface area contributed by atoms with E-state index in [1.54, 1.807) is 0 Å². The van der Waals surface area contributed by atoms with E-state index in [1.807, 2.05) is 41.3 Å². The summed E-state index contributed by atoms with van der Waals surface area (Å²) < 4.78 is 0. The minimum Gasteiger partial charge on any atom is -0.368 e. The molecule has 196 valence electrons. The number of fused-ring (bicyclic) bond motifs is 1. The lowest BCUT2D eigenvalue weighted by Gasteiger charge is -2.37. The molecule has 0 spiro atoms. The summed E-state index contributed by atoms with van der Waals surface area (Å²) in [5.41, 5.74) is 5.22. The van der Waals surface area contributed by atoms with Crippen molar-refractivity contribution in [2.24, 2.45) is 0 Å². The number of nitrogens with one attached hydrogen (secondary N) is 1. The highest BCUT2D eigenvalue weighted by atomic mass is 16.2. The van der Waals surface area contributed by atoms with Gasteiger partial charge in [-0.25, -0.2) is 4.79 Å². The highest BCUT2D eigenvalue weighted by Crippen LogP contribution is 2.33. The number of amides is 3. The van der Waals surface area contributed by atoms with Crippen molar-refractivity contribution in [1.29, 1.82) is 0 Å². The van der Waals surface area contributed by atoms with Crippen LogP contribution in [0, 0.1) is 0 Å². The Kier molecular flexibility index (Phi) is 7.04. The number of piperazine rings is 1. The van der Waals surface area contributed by atoms with Gasteiger partial charge in [-0.3, -0.25) is 4.79 Å². The summed E-state index contributed by atoms with van der Waals surface area (Å²) in [5, 5.41) is 3.27. The lowest BCUT2D eigenvalue weighted by Crippen LogP contribution is -2.52. The molecule has 1 saturated heterocycles. The second-order valence-electron chi connectivity index (χ2n) is 10.7. The van der Waals surface area contributed by atoms with E-state index in [0.29, 0.717) is 19.1 Å². The molecule has 3 amide bonds. The molecule has 0 radical (unpaired) electrons. The Hall–Kier alpha value is -3.80. The van der Waals surface area contributed by atoms with Crippen molar-refractivity contribution in [3.05, 3.63) is 101 Å². The zero-order valence-electron chi connectivity index (χ0n) is 21.9. The largest absolute Gasteiger partial charge is 0.368 e. The number of benzene rings is 3. The minimum atomic E-state index is -0.197. The van der Waals surface area contributed by atoms with Crippen molar-refractivity contribution < 1.29 is 9.59 Å². The normalized spacial score (nSPS) is 18.1. The summed E-state index contributed by atoms with van der Waals surface area (Å²) in [6, 6.07) is 26.7. The zero-order chi connectivity index (χ0) is 25.9. The Labute approximate surface area is 225 Å². The summed E-state index contributed by atoms with van der Waals surface area (Å²) >= 11 is 0. The molecule has 38 heavy (non-hydrogen) atoms. The number of hydrogen-bond donors (Lipinski definition) is 1. The number of rotatable bonds is 5. The summed E-state index contributed by atoms with van der Waals surface area (Å²) in [6.45, 7) is 3.52. The molecule has 0 bridgehead atoms. The fourth-order valence-electron chi connectivity index (χ4n) is 6.23. The van der Waals surface area contributed by atoms with Gasteiger partial charge in [-0.1, -0.05) is 86.0 Å². The average molecular weight is 509 g/mol. The second-order valence-corrected chi connectivity index (χ2v) is 10.7. The summed E-state index contributed by atoms with van der Waals surface area (Å²) in [5.74, 6) is 0.194. The maximum Gasteiger partial charge on any atom is 0.318 e. The molecule has 1 aliphatic carbocycles. The topological polar surface area (TPSA) is 55.9 Å². The van der Waals surface area contributed by atoms with Crippen molar-refractivity contribution in [2.45, 2.75) is 50.7 Å². The summed E-state index contributed by atoms with van der Waals surface area (Å²) in [7, 11) is 0. The first kappa shape index (κ1) is 24.5. The lowest BCUT2D eigenvalue weighted by atomic mass is 9.94. The van der Waals surface area contributed by atoms with E-state index in [-0.39, 0.29) is 18.0 Å². The molecule has 6 heteroatoms. The third kappa shape index (κ3) is 5.00. The first-order chi connectivity index (χ1) is 18.7. The molecule has 0 atom stereocenters. The van der Waals surface area contributed by atoms with Crippen LogP contribution in [-0.2, 0) is 6.54 Å². The van der Waals surface area contributed by atoms with Gasteiger partial charge in [0.05, 0.1) is 6.04 Å². The van der Waals surface area contributed by atoms with Crippen LogP contribution in [0.2, 0.25) is 0 Å². The van der Waals surface area contributed by atoms with Crippen molar-refractivity contribution >= 4 is 17.6 Å². The molecule has 3 aromatic rings. The van der Waals surface area contributed by atoms with E-state index in [2.05, 4.69) is 57.6 Å².